The molecule has 0 fully saturated rings. The number of benzene rings is 1. The summed E-state index contributed by atoms with van der Waals surface area (Å²) in [5.41, 5.74) is 2.38. The van der Waals surface area contributed by atoms with E-state index in [9.17, 15) is 4.39 Å². The Hall–Kier alpha value is -1.03. The lowest BCUT2D eigenvalue weighted by Gasteiger charge is -2.20. The summed E-state index contributed by atoms with van der Waals surface area (Å²) in [7, 11) is 0. The lowest BCUT2D eigenvalue weighted by atomic mass is 9.97. The Morgan fingerprint density at radius 2 is 2.16 bits per heavy atom. The molecule has 1 aromatic carbocycles. The highest BCUT2D eigenvalue weighted by Gasteiger charge is 2.17. The first kappa shape index (κ1) is 14.4. The number of rotatable bonds is 6. The third-order valence-corrected chi connectivity index (χ3v) is 3.34. The summed E-state index contributed by atoms with van der Waals surface area (Å²) < 4.78 is 17.9. The van der Waals surface area contributed by atoms with Crippen LogP contribution in [0.1, 0.15) is 12.0 Å². The highest BCUT2D eigenvalue weighted by Crippen LogP contribution is 2.26. The number of nitrogens with one attached hydrogen (secondary N) is 1. The fourth-order valence-electron chi connectivity index (χ4n) is 1.98. The second-order valence-electron chi connectivity index (χ2n) is 4.22. The zero-order valence-corrected chi connectivity index (χ0v) is 11.7. The van der Waals surface area contributed by atoms with Crippen LogP contribution in [0, 0.1) is 0 Å². The highest BCUT2D eigenvalue weighted by molar-refractivity contribution is 6.44. The van der Waals surface area contributed by atoms with Crippen molar-refractivity contribution in [2.24, 2.45) is 0 Å². The van der Waals surface area contributed by atoms with Gasteiger partial charge in [-0.1, -0.05) is 18.7 Å². The summed E-state index contributed by atoms with van der Waals surface area (Å²) in [5, 5.41) is 3.70. The monoisotopic (exact) mass is 301 g/mol. The maximum Gasteiger partial charge on any atom is 0.140 e. The van der Waals surface area contributed by atoms with E-state index in [4.69, 9.17) is 27.6 Å². The van der Waals surface area contributed by atoms with Crippen LogP contribution in [0.4, 0.5) is 4.39 Å². The quantitative estimate of drug-likeness (QED) is 0.626. The van der Waals surface area contributed by atoms with Gasteiger partial charge in [-0.15, -0.1) is 23.2 Å². The molecule has 0 amide bonds. The molecule has 0 saturated heterocycles. The molecule has 0 radical (unpaired) electrons. The molecule has 102 valence electrons. The van der Waals surface area contributed by atoms with Crippen LogP contribution in [-0.4, -0.2) is 17.7 Å². The second kappa shape index (κ2) is 6.42. The van der Waals surface area contributed by atoms with E-state index in [1.807, 2.05) is 24.3 Å². The summed E-state index contributed by atoms with van der Waals surface area (Å²) in [6.45, 7) is 3.34. The van der Waals surface area contributed by atoms with Crippen molar-refractivity contribution >= 4 is 39.7 Å². The van der Waals surface area contributed by atoms with Crippen LogP contribution in [0.2, 0.25) is 0 Å². The van der Waals surface area contributed by atoms with Crippen molar-refractivity contribution in [1.29, 1.82) is 0 Å². The molecule has 0 aliphatic rings. The maximum atomic E-state index is 12.5. The summed E-state index contributed by atoms with van der Waals surface area (Å²) in [6.07, 6.45) is 2.02. The first-order valence-corrected chi connectivity index (χ1v) is 6.73. The second-order valence-corrected chi connectivity index (χ2v) is 5.49. The molecule has 0 aliphatic heterocycles. The molecular weight excluding hydrogens is 288 g/mol. The van der Waals surface area contributed by atoms with E-state index in [0.29, 0.717) is 6.42 Å². The SMILES string of the molecule is C=C(c1ccc2ccoc2c1)C(CC(Cl)Cl)NCF. The van der Waals surface area contributed by atoms with Gasteiger partial charge in [-0.05, 0) is 29.7 Å². The van der Waals surface area contributed by atoms with Gasteiger partial charge in [-0.25, -0.2) is 4.39 Å². The molecule has 2 aromatic rings. The van der Waals surface area contributed by atoms with E-state index in [1.54, 1.807) is 6.26 Å². The fraction of sp³-hybridized carbons (Fsp3) is 0.286. The van der Waals surface area contributed by atoms with Crippen molar-refractivity contribution in [1.82, 2.24) is 5.32 Å². The molecular formula is C14H14Cl2FNO. The van der Waals surface area contributed by atoms with Crippen LogP contribution in [0.15, 0.2) is 41.5 Å². The van der Waals surface area contributed by atoms with Crippen LogP contribution in [0.5, 0.6) is 0 Å². The summed E-state index contributed by atoms with van der Waals surface area (Å²) in [4.78, 5) is -0.576. The lowest BCUT2D eigenvalue weighted by molar-refractivity contribution is 0.401. The van der Waals surface area contributed by atoms with Gasteiger partial charge in [0.05, 0.1) is 6.26 Å². The van der Waals surface area contributed by atoms with Gasteiger partial charge in [0.2, 0.25) is 0 Å². The average molecular weight is 302 g/mol. The van der Waals surface area contributed by atoms with E-state index in [0.717, 1.165) is 22.1 Å². The van der Waals surface area contributed by atoms with Crippen LogP contribution >= 0.6 is 23.2 Å². The third kappa shape index (κ3) is 3.50. The number of fused-ring (bicyclic) bond motifs is 1. The third-order valence-electron chi connectivity index (χ3n) is 2.99. The highest BCUT2D eigenvalue weighted by atomic mass is 35.5. The molecule has 1 unspecified atom stereocenters. The Bertz CT molecular complexity index is 567. The van der Waals surface area contributed by atoms with E-state index in [2.05, 4.69) is 11.9 Å². The molecule has 1 atom stereocenters. The number of furan rings is 1. The van der Waals surface area contributed by atoms with Crippen molar-refractivity contribution in [2.45, 2.75) is 17.3 Å². The largest absolute Gasteiger partial charge is 0.464 e. The topological polar surface area (TPSA) is 25.2 Å². The Morgan fingerprint density at radius 1 is 1.37 bits per heavy atom. The molecule has 1 heterocycles. The molecule has 19 heavy (non-hydrogen) atoms. The minimum Gasteiger partial charge on any atom is -0.464 e. The van der Waals surface area contributed by atoms with Gasteiger partial charge in [-0.2, -0.15) is 0 Å². The lowest BCUT2D eigenvalue weighted by Crippen LogP contribution is -2.31. The van der Waals surface area contributed by atoms with Gasteiger partial charge >= 0.3 is 0 Å². The molecule has 2 rings (SSSR count). The molecule has 0 spiro atoms. The minimum absolute atomic E-state index is 0.308. The van der Waals surface area contributed by atoms with Gasteiger partial charge < -0.3 is 4.42 Å². The molecule has 1 aromatic heterocycles. The van der Waals surface area contributed by atoms with Crippen LogP contribution in [0.3, 0.4) is 0 Å². The normalized spacial score (nSPS) is 13.1. The smallest absolute Gasteiger partial charge is 0.140 e. The van der Waals surface area contributed by atoms with Crippen molar-refractivity contribution in [3.8, 4) is 0 Å². The summed E-state index contributed by atoms with van der Waals surface area (Å²) in [5.74, 6) is 0. The van der Waals surface area contributed by atoms with E-state index >= 15 is 0 Å². The molecule has 2 nitrogen and oxygen atoms in total. The van der Waals surface area contributed by atoms with Crippen molar-refractivity contribution in [3.63, 3.8) is 0 Å². The standard InChI is InChI=1S/C14H14Cl2FNO/c1-9(12(18-8-17)7-14(15)16)11-3-2-10-4-5-19-13(10)6-11/h2-6,12,14,18H,1,7-8H2. The Balaban J connectivity index is 2.24. The zero-order valence-electron chi connectivity index (χ0n) is 10.2. The Labute approximate surface area is 121 Å². The fourth-order valence-corrected chi connectivity index (χ4v) is 2.33. The summed E-state index contributed by atoms with van der Waals surface area (Å²) >= 11 is 11.5. The molecule has 0 saturated carbocycles. The zero-order chi connectivity index (χ0) is 13.8. The van der Waals surface area contributed by atoms with Crippen LogP contribution in [-0.2, 0) is 0 Å². The molecule has 0 bridgehead atoms. The van der Waals surface area contributed by atoms with Gasteiger partial charge in [0.1, 0.15) is 17.2 Å². The number of halogens is 3. The Kier molecular flexibility index (Phi) is 4.86. The van der Waals surface area contributed by atoms with Crippen molar-refractivity contribution in [2.75, 3.05) is 6.80 Å². The average Bonchev–Trinajstić information content (AvgIpc) is 2.84. The van der Waals surface area contributed by atoms with E-state index in [1.165, 1.54) is 0 Å². The van der Waals surface area contributed by atoms with Gasteiger partial charge in [0.15, 0.2) is 0 Å². The summed E-state index contributed by atoms with van der Waals surface area (Å²) in [6, 6.07) is 7.31. The first-order valence-electron chi connectivity index (χ1n) is 5.85. The van der Waals surface area contributed by atoms with Crippen LogP contribution < -0.4 is 5.32 Å². The van der Waals surface area contributed by atoms with Gasteiger partial charge in [0.25, 0.3) is 0 Å². The maximum absolute atomic E-state index is 12.5. The van der Waals surface area contributed by atoms with Crippen molar-refractivity contribution in [3.05, 3.63) is 42.7 Å². The predicted molar refractivity (Wildman–Crippen MR) is 78.3 cm³/mol. The number of alkyl halides is 3. The molecule has 0 aliphatic carbocycles. The number of hydrogen-bond donors (Lipinski definition) is 1. The minimum atomic E-state index is -0.660. The molecule has 1 N–H and O–H groups in total. The van der Waals surface area contributed by atoms with E-state index < -0.39 is 11.6 Å². The van der Waals surface area contributed by atoms with E-state index in [-0.39, 0.29) is 6.04 Å². The Morgan fingerprint density at radius 3 is 2.84 bits per heavy atom. The van der Waals surface area contributed by atoms with Crippen LogP contribution in [0.25, 0.3) is 16.5 Å². The van der Waals surface area contributed by atoms with Gasteiger partial charge in [-0.3, -0.25) is 5.32 Å². The molecule has 5 heteroatoms. The first-order chi connectivity index (χ1) is 9.11. The van der Waals surface area contributed by atoms with Crippen molar-refractivity contribution < 1.29 is 8.81 Å². The number of hydrogen-bond acceptors (Lipinski definition) is 2. The predicted octanol–water partition coefficient (Wildman–Crippen LogP) is 4.53. The van der Waals surface area contributed by atoms with Gasteiger partial charge in [0, 0.05) is 11.4 Å².